The van der Waals surface area contributed by atoms with Crippen LogP contribution in [0.1, 0.15) is 6.42 Å². The molecule has 0 amide bonds. The Morgan fingerprint density at radius 1 is 0.964 bits per heavy atom. The van der Waals surface area contributed by atoms with Gasteiger partial charge in [-0.1, -0.05) is 17.8 Å². The minimum Gasteiger partial charge on any atom is -0.493 e. The number of carbonyl (C=O) groups is 1. The molecule has 144 valence electrons. The lowest BCUT2D eigenvalue weighted by Gasteiger charge is -2.07. The summed E-state index contributed by atoms with van der Waals surface area (Å²) in [5, 5.41) is 0.486. The van der Waals surface area contributed by atoms with Crippen LogP contribution in [-0.4, -0.2) is 39.9 Å². The van der Waals surface area contributed by atoms with Gasteiger partial charge in [-0.3, -0.25) is 9.78 Å². The van der Waals surface area contributed by atoms with Gasteiger partial charge >= 0.3 is 5.97 Å². The van der Waals surface area contributed by atoms with E-state index < -0.39 is 0 Å². The van der Waals surface area contributed by atoms with Gasteiger partial charge in [-0.2, -0.15) is 0 Å². The van der Waals surface area contributed by atoms with E-state index in [9.17, 15) is 9.18 Å². The summed E-state index contributed by atoms with van der Waals surface area (Å²) in [6.07, 6.45) is 3.87. The lowest BCUT2D eigenvalue weighted by atomic mass is 10.3. The molecule has 0 saturated carbocycles. The zero-order chi connectivity index (χ0) is 19.6. The summed E-state index contributed by atoms with van der Waals surface area (Å²) in [7, 11) is 0. The normalized spacial score (nSPS) is 10.5. The highest BCUT2D eigenvalue weighted by Gasteiger charge is 2.08. The molecule has 0 unspecified atom stereocenters. The van der Waals surface area contributed by atoms with Crippen LogP contribution >= 0.6 is 11.8 Å². The lowest BCUT2D eigenvalue weighted by molar-refractivity contribution is -0.140. The number of esters is 1. The molecule has 0 saturated heterocycles. The van der Waals surface area contributed by atoms with Crippen molar-refractivity contribution in [2.45, 2.75) is 11.6 Å². The number of pyridine rings is 1. The number of rotatable bonds is 9. The molecule has 0 spiro atoms. The fraction of sp³-hybridized carbons (Fsp3) is 0.200. The van der Waals surface area contributed by atoms with E-state index in [-0.39, 0.29) is 24.1 Å². The molecule has 0 N–H and O–H groups in total. The van der Waals surface area contributed by atoms with Crippen LogP contribution in [0.4, 0.5) is 4.39 Å². The molecule has 6 nitrogen and oxygen atoms in total. The Kier molecular flexibility index (Phi) is 7.31. The number of hydrogen-bond donors (Lipinski definition) is 0. The predicted molar refractivity (Wildman–Crippen MR) is 103 cm³/mol. The van der Waals surface area contributed by atoms with Crippen molar-refractivity contribution in [1.29, 1.82) is 0 Å². The largest absolute Gasteiger partial charge is 0.493 e. The van der Waals surface area contributed by atoms with Crippen molar-refractivity contribution >= 4 is 17.7 Å². The van der Waals surface area contributed by atoms with Crippen LogP contribution in [-0.2, 0) is 9.53 Å². The van der Waals surface area contributed by atoms with E-state index in [1.165, 1.54) is 23.9 Å². The van der Waals surface area contributed by atoms with Gasteiger partial charge in [-0.15, -0.1) is 0 Å². The molecule has 0 atom stereocenters. The molecule has 0 radical (unpaired) electrons. The average molecular weight is 399 g/mol. The van der Waals surface area contributed by atoms with E-state index in [1.54, 1.807) is 30.6 Å². The van der Waals surface area contributed by atoms with E-state index in [4.69, 9.17) is 9.47 Å². The molecule has 8 heteroatoms. The third-order valence-electron chi connectivity index (χ3n) is 3.51. The Morgan fingerprint density at radius 2 is 1.82 bits per heavy atom. The zero-order valence-corrected chi connectivity index (χ0v) is 15.8. The third-order valence-corrected chi connectivity index (χ3v) is 4.35. The number of halogens is 1. The smallest absolute Gasteiger partial charge is 0.316 e. The van der Waals surface area contributed by atoms with Gasteiger partial charge in [0, 0.05) is 18.8 Å². The fourth-order valence-electron chi connectivity index (χ4n) is 2.20. The Labute approximate surface area is 166 Å². The Hall–Kier alpha value is -3.00. The molecule has 0 fully saturated rings. The van der Waals surface area contributed by atoms with Crippen molar-refractivity contribution in [3.05, 3.63) is 66.7 Å². The molecule has 28 heavy (non-hydrogen) atoms. The van der Waals surface area contributed by atoms with Crippen LogP contribution in [0.15, 0.2) is 66.1 Å². The van der Waals surface area contributed by atoms with Crippen LogP contribution in [0.2, 0.25) is 0 Å². The summed E-state index contributed by atoms with van der Waals surface area (Å²) in [5.41, 5.74) is 1.44. The molecular formula is C20H18FN3O3S. The van der Waals surface area contributed by atoms with E-state index in [2.05, 4.69) is 15.0 Å². The summed E-state index contributed by atoms with van der Waals surface area (Å²) < 4.78 is 23.4. The summed E-state index contributed by atoms with van der Waals surface area (Å²) in [4.78, 5) is 24.7. The first kappa shape index (κ1) is 19.8. The first-order chi connectivity index (χ1) is 13.7. The number of nitrogens with zero attached hydrogens (tertiary/aromatic N) is 3. The lowest BCUT2D eigenvalue weighted by Crippen LogP contribution is -2.11. The van der Waals surface area contributed by atoms with Gasteiger partial charge in [0.1, 0.15) is 11.6 Å². The van der Waals surface area contributed by atoms with Crippen LogP contribution in [0.25, 0.3) is 11.4 Å². The van der Waals surface area contributed by atoms with E-state index in [0.717, 1.165) is 5.69 Å². The van der Waals surface area contributed by atoms with Gasteiger partial charge in [-0.05, 0) is 42.5 Å². The number of benzene rings is 1. The van der Waals surface area contributed by atoms with Gasteiger partial charge in [0.05, 0.1) is 30.4 Å². The highest BCUT2D eigenvalue weighted by atomic mass is 32.2. The summed E-state index contributed by atoms with van der Waals surface area (Å²) in [6, 6.07) is 13.1. The summed E-state index contributed by atoms with van der Waals surface area (Å²) in [5.74, 6) is 0.0324. The zero-order valence-electron chi connectivity index (χ0n) is 15.0. The highest BCUT2D eigenvalue weighted by Crippen LogP contribution is 2.18. The van der Waals surface area contributed by atoms with E-state index in [0.29, 0.717) is 29.6 Å². The standard InChI is InChI=1S/C20H18FN3O3S/c21-15-5-7-16(8-6-15)26-12-3-13-27-19(25)14-28-20-23-11-9-18(24-20)17-4-1-2-10-22-17/h1-2,4-11H,3,12-14H2. The van der Waals surface area contributed by atoms with Gasteiger partial charge in [0.15, 0.2) is 5.16 Å². The summed E-state index contributed by atoms with van der Waals surface area (Å²) >= 11 is 1.21. The van der Waals surface area contributed by atoms with Crippen molar-refractivity contribution in [1.82, 2.24) is 15.0 Å². The van der Waals surface area contributed by atoms with Gasteiger partial charge in [-0.25, -0.2) is 14.4 Å². The fourth-order valence-corrected chi connectivity index (χ4v) is 2.83. The van der Waals surface area contributed by atoms with Gasteiger partial charge in [0.2, 0.25) is 0 Å². The molecule has 3 rings (SSSR count). The molecule has 1 aromatic carbocycles. The van der Waals surface area contributed by atoms with Crippen molar-refractivity contribution in [3.63, 3.8) is 0 Å². The number of hydrogen-bond acceptors (Lipinski definition) is 7. The maximum absolute atomic E-state index is 12.8. The Bertz CT molecular complexity index is 895. The van der Waals surface area contributed by atoms with Crippen LogP contribution in [0, 0.1) is 5.82 Å². The number of carbonyl (C=O) groups excluding carboxylic acids is 1. The first-order valence-electron chi connectivity index (χ1n) is 8.62. The Morgan fingerprint density at radius 3 is 2.61 bits per heavy atom. The second-order valence-electron chi connectivity index (χ2n) is 5.60. The van der Waals surface area contributed by atoms with Crippen molar-refractivity contribution in [2.24, 2.45) is 0 Å². The molecule has 3 aromatic rings. The molecule has 2 aromatic heterocycles. The van der Waals surface area contributed by atoms with Gasteiger partial charge in [0.25, 0.3) is 0 Å². The molecule has 2 heterocycles. The predicted octanol–water partition coefficient (Wildman–Crippen LogP) is 3.78. The van der Waals surface area contributed by atoms with Crippen molar-refractivity contribution in [2.75, 3.05) is 19.0 Å². The summed E-state index contributed by atoms with van der Waals surface area (Å²) in [6.45, 7) is 0.622. The topological polar surface area (TPSA) is 74.2 Å². The molecule has 0 aliphatic rings. The SMILES string of the molecule is O=C(CSc1nccc(-c2ccccn2)n1)OCCCOc1ccc(F)cc1. The third kappa shape index (κ3) is 6.31. The minimum atomic E-state index is -0.348. The second kappa shape index (κ2) is 10.4. The molecule has 0 aliphatic heterocycles. The molecular weight excluding hydrogens is 381 g/mol. The van der Waals surface area contributed by atoms with E-state index in [1.807, 2.05) is 18.2 Å². The van der Waals surface area contributed by atoms with E-state index >= 15 is 0 Å². The minimum absolute atomic E-state index is 0.116. The monoisotopic (exact) mass is 399 g/mol. The van der Waals surface area contributed by atoms with Crippen molar-refractivity contribution in [3.8, 4) is 17.1 Å². The quantitative estimate of drug-likeness (QED) is 0.235. The molecule has 0 aliphatic carbocycles. The highest BCUT2D eigenvalue weighted by molar-refractivity contribution is 7.99. The maximum Gasteiger partial charge on any atom is 0.316 e. The van der Waals surface area contributed by atoms with Crippen LogP contribution < -0.4 is 4.74 Å². The van der Waals surface area contributed by atoms with Crippen LogP contribution in [0.5, 0.6) is 5.75 Å². The first-order valence-corrected chi connectivity index (χ1v) is 9.60. The number of ether oxygens (including phenoxy) is 2. The molecule has 0 bridgehead atoms. The second-order valence-corrected chi connectivity index (χ2v) is 6.55. The number of aromatic nitrogens is 3. The maximum atomic E-state index is 12.8. The van der Waals surface area contributed by atoms with Crippen molar-refractivity contribution < 1.29 is 18.7 Å². The average Bonchev–Trinajstić information content (AvgIpc) is 2.74. The Balaban J connectivity index is 1.36. The van der Waals surface area contributed by atoms with Gasteiger partial charge < -0.3 is 9.47 Å². The number of thioether (sulfide) groups is 1. The van der Waals surface area contributed by atoms with Crippen LogP contribution in [0.3, 0.4) is 0 Å².